The number of cyclic esters (lactones) is 1. The summed E-state index contributed by atoms with van der Waals surface area (Å²) < 4.78 is 89.7. The third-order valence-corrected chi connectivity index (χ3v) is 8.07. The van der Waals surface area contributed by atoms with Crippen LogP contribution in [0.4, 0.5) is 28.4 Å². The Morgan fingerprint density at radius 1 is 0.807 bits per heavy atom. The van der Waals surface area contributed by atoms with E-state index in [-0.39, 0.29) is 121 Å². The maximum absolute atomic E-state index is 13.6. The first-order valence-corrected chi connectivity index (χ1v) is 18.0. The number of aromatic amines is 1. The number of nitrogens with zero attached hydrogens (tertiary/aromatic N) is 1. The lowest BCUT2D eigenvalue weighted by Gasteiger charge is -2.23. The van der Waals surface area contributed by atoms with Crippen molar-refractivity contribution in [3.8, 4) is 11.3 Å². The standard InChI is InChI=1S/C37H47F3N2O15/c38-37(39,40)32-4-2-1-3-30(32)33-17-25-5-6-26(18-31(25)34(46)41-33)42-19-27(56-35(42)47)23-55-36(48)57-29(22-53-16-14-50-11-8-44)24-54-28(20-51-12-9-45)21-52-15-13-49-10-7-43/h1-6,17-18,27-29,43-45H,7-16,19-24H2,(H,41,46)/t27-,28?,29?/m0/s1. The van der Waals surface area contributed by atoms with Crippen LogP contribution in [0.5, 0.6) is 0 Å². The second kappa shape index (κ2) is 23.8. The number of carbonyl (C=O) groups excluding carboxylic acids is 2. The molecular formula is C37H47F3N2O15. The predicted octanol–water partition coefficient (Wildman–Crippen LogP) is 2.51. The van der Waals surface area contributed by atoms with Crippen LogP contribution in [-0.2, 0) is 48.8 Å². The van der Waals surface area contributed by atoms with Crippen LogP contribution in [0, 0.1) is 0 Å². The minimum Gasteiger partial charge on any atom is -0.440 e. The lowest BCUT2D eigenvalue weighted by molar-refractivity contribution is -0.137. The lowest BCUT2D eigenvalue weighted by Crippen LogP contribution is -2.35. The van der Waals surface area contributed by atoms with Gasteiger partial charge < -0.3 is 62.9 Å². The summed E-state index contributed by atoms with van der Waals surface area (Å²) in [6.45, 7) is -0.154. The normalized spacial score (nSPS) is 15.5. The van der Waals surface area contributed by atoms with E-state index in [9.17, 15) is 27.6 Å². The van der Waals surface area contributed by atoms with Gasteiger partial charge in [0.15, 0.2) is 12.2 Å². The highest BCUT2D eigenvalue weighted by Crippen LogP contribution is 2.37. The average Bonchev–Trinajstić information content (AvgIpc) is 3.57. The number of aliphatic hydroxyl groups excluding tert-OH is 3. The zero-order chi connectivity index (χ0) is 41.0. The van der Waals surface area contributed by atoms with Gasteiger partial charge in [0, 0.05) is 22.3 Å². The summed E-state index contributed by atoms with van der Waals surface area (Å²) >= 11 is 0. The van der Waals surface area contributed by atoms with Gasteiger partial charge in [0.25, 0.3) is 5.56 Å². The number of aliphatic hydroxyl groups is 3. The number of hydrogen-bond acceptors (Lipinski definition) is 15. The first kappa shape index (κ1) is 45.3. The van der Waals surface area contributed by atoms with Crippen molar-refractivity contribution in [1.82, 2.24) is 4.98 Å². The van der Waals surface area contributed by atoms with E-state index in [4.69, 9.17) is 58.0 Å². The van der Waals surface area contributed by atoms with Crippen LogP contribution < -0.4 is 10.5 Å². The van der Waals surface area contributed by atoms with Gasteiger partial charge in [-0.1, -0.05) is 24.3 Å². The van der Waals surface area contributed by atoms with Gasteiger partial charge in [-0.15, -0.1) is 0 Å². The molecule has 2 aromatic carbocycles. The summed E-state index contributed by atoms with van der Waals surface area (Å²) in [6, 6.07) is 10.7. The van der Waals surface area contributed by atoms with E-state index in [0.29, 0.717) is 5.39 Å². The first-order valence-electron chi connectivity index (χ1n) is 18.0. The molecule has 316 valence electrons. The van der Waals surface area contributed by atoms with Crippen molar-refractivity contribution < 1.29 is 80.7 Å². The topological polar surface area (TPSA) is 214 Å². The maximum Gasteiger partial charge on any atom is 0.508 e. The lowest BCUT2D eigenvalue weighted by atomic mass is 10.0. The molecule has 3 atom stereocenters. The van der Waals surface area contributed by atoms with Crippen LogP contribution in [0.3, 0.4) is 0 Å². The molecule has 1 saturated heterocycles. The van der Waals surface area contributed by atoms with Gasteiger partial charge in [0.2, 0.25) is 0 Å². The van der Waals surface area contributed by atoms with Crippen molar-refractivity contribution in [2.45, 2.75) is 24.5 Å². The molecule has 2 heterocycles. The molecule has 2 unspecified atom stereocenters. The van der Waals surface area contributed by atoms with E-state index < -0.39 is 54.5 Å². The number of pyridine rings is 1. The van der Waals surface area contributed by atoms with Crippen LogP contribution in [0.2, 0.25) is 0 Å². The van der Waals surface area contributed by atoms with Crippen LogP contribution in [0.25, 0.3) is 22.0 Å². The number of amides is 1. The summed E-state index contributed by atoms with van der Waals surface area (Å²) in [5, 5.41) is 27.3. The van der Waals surface area contributed by atoms with E-state index in [1.165, 1.54) is 47.4 Å². The molecular weight excluding hydrogens is 769 g/mol. The number of ether oxygens (including phenoxy) is 9. The molecule has 3 aromatic rings. The van der Waals surface area contributed by atoms with E-state index in [0.717, 1.165) is 6.07 Å². The van der Waals surface area contributed by atoms with Crippen LogP contribution in [-0.4, -0.2) is 157 Å². The highest BCUT2D eigenvalue weighted by atomic mass is 19.4. The van der Waals surface area contributed by atoms with Crippen LogP contribution in [0.15, 0.2) is 53.3 Å². The molecule has 1 amide bonds. The van der Waals surface area contributed by atoms with Gasteiger partial charge in [0.05, 0.1) is 105 Å². The number of rotatable bonds is 26. The Hall–Kier alpha value is -4.38. The fourth-order valence-corrected chi connectivity index (χ4v) is 5.46. The van der Waals surface area contributed by atoms with Crippen molar-refractivity contribution in [3.05, 3.63) is 64.4 Å². The molecule has 20 heteroatoms. The number of nitrogens with one attached hydrogen (secondary N) is 1. The predicted molar refractivity (Wildman–Crippen MR) is 194 cm³/mol. The molecule has 57 heavy (non-hydrogen) atoms. The fraction of sp³-hybridized carbons (Fsp3) is 0.541. The van der Waals surface area contributed by atoms with Crippen molar-refractivity contribution >= 4 is 28.7 Å². The summed E-state index contributed by atoms with van der Waals surface area (Å²) in [6.07, 6.45) is -9.12. The zero-order valence-electron chi connectivity index (χ0n) is 31.0. The van der Waals surface area contributed by atoms with Gasteiger partial charge in [-0.3, -0.25) is 9.69 Å². The number of benzene rings is 2. The molecule has 17 nitrogen and oxygen atoms in total. The van der Waals surface area contributed by atoms with E-state index in [2.05, 4.69) is 4.98 Å². The molecule has 1 fully saturated rings. The average molecular weight is 817 g/mol. The quantitative estimate of drug-likeness (QED) is 0.0677. The van der Waals surface area contributed by atoms with Gasteiger partial charge in [-0.05, 0) is 29.7 Å². The molecule has 0 aliphatic carbocycles. The van der Waals surface area contributed by atoms with Crippen LogP contribution in [0.1, 0.15) is 5.56 Å². The van der Waals surface area contributed by atoms with E-state index in [1.807, 2.05) is 0 Å². The van der Waals surface area contributed by atoms with Crippen molar-refractivity contribution in [2.75, 3.05) is 111 Å². The number of aromatic nitrogens is 1. The Morgan fingerprint density at radius 2 is 1.42 bits per heavy atom. The fourth-order valence-electron chi connectivity index (χ4n) is 5.46. The molecule has 0 bridgehead atoms. The van der Waals surface area contributed by atoms with E-state index >= 15 is 0 Å². The smallest absolute Gasteiger partial charge is 0.440 e. The largest absolute Gasteiger partial charge is 0.508 e. The second-order valence-electron chi connectivity index (χ2n) is 12.3. The van der Waals surface area contributed by atoms with Gasteiger partial charge in [-0.25, -0.2) is 9.59 Å². The van der Waals surface area contributed by atoms with Gasteiger partial charge in [-0.2, -0.15) is 13.2 Å². The zero-order valence-corrected chi connectivity index (χ0v) is 31.0. The number of hydrogen-bond donors (Lipinski definition) is 4. The molecule has 1 aliphatic rings. The number of alkyl halides is 3. The Balaban J connectivity index is 1.34. The third-order valence-electron chi connectivity index (χ3n) is 8.07. The van der Waals surface area contributed by atoms with Gasteiger partial charge in [0.1, 0.15) is 12.7 Å². The third kappa shape index (κ3) is 14.8. The molecule has 0 radical (unpaired) electrons. The van der Waals surface area contributed by atoms with Crippen molar-refractivity contribution in [2.24, 2.45) is 0 Å². The first-order chi connectivity index (χ1) is 27.5. The summed E-state index contributed by atoms with van der Waals surface area (Å²) in [5.74, 6) is 0. The Bertz CT molecular complexity index is 1740. The Labute approximate surface area is 325 Å². The number of fused-ring (bicyclic) bond motifs is 1. The Morgan fingerprint density at radius 3 is 2.09 bits per heavy atom. The SMILES string of the molecule is O=C(OC[C@@H]1CN(c2ccc3cc(-c4ccccc4C(F)(F)F)[nH]c(=O)c3c2)C(=O)O1)OC(COCCOCCO)COC(COCCO)COCCOCCO. The number of H-pyrrole nitrogens is 1. The highest BCUT2D eigenvalue weighted by molar-refractivity contribution is 5.94. The highest BCUT2D eigenvalue weighted by Gasteiger charge is 2.35. The second-order valence-corrected chi connectivity index (χ2v) is 12.3. The molecule has 4 N–H and O–H groups in total. The van der Waals surface area contributed by atoms with Crippen LogP contribution >= 0.6 is 0 Å². The molecule has 0 saturated carbocycles. The van der Waals surface area contributed by atoms with Gasteiger partial charge >= 0.3 is 18.4 Å². The molecule has 0 spiro atoms. The van der Waals surface area contributed by atoms with Crippen molar-refractivity contribution in [3.63, 3.8) is 0 Å². The molecule has 4 rings (SSSR count). The minimum atomic E-state index is -4.64. The van der Waals surface area contributed by atoms with E-state index in [1.54, 1.807) is 0 Å². The summed E-state index contributed by atoms with van der Waals surface area (Å²) in [5.41, 5.74) is -1.52. The summed E-state index contributed by atoms with van der Waals surface area (Å²) in [4.78, 5) is 42.4. The molecule has 1 aliphatic heterocycles. The van der Waals surface area contributed by atoms with Crippen molar-refractivity contribution in [1.29, 1.82) is 0 Å². The number of anilines is 1. The number of carbonyl (C=O) groups is 2. The minimum absolute atomic E-state index is 0.0250. The Kier molecular flexibility index (Phi) is 18.9. The number of halogens is 3. The summed E-state index contributed by atoms with van der Waals surface area (Å²) in [7, 11) is 0. The maximum atomic E-state index is 13.6. The molecule has 1 aromatic heterocycles. The monoisotopic (exact) mass is 816 g/mol.